The number of rotatable bonds is 6. The molecule has 0 aliphatic carbocycles. The summed E-state index contributed by atoms with van der Waals surface area (Å²) in [6.07, 6.45) is 2.64. The van der Waals surface area contributed by atoms with Gasteiger partial charge in [0.05, 0.1) is 11.5 Å². The maximum atomic E-state index is 9.50. The molecule has 0 aliphatic rings. The lowest BCUT2D eigenvalue weighted by atomic mass is 10.3. The van der Waals surface area contributed by atoms with Crippen LogP contribution >= 0.6 is 11.3 Å². The van der Waals surface area contributed by atoms with Crippen molar-refractivity contribution in [2.24, 2.45) is 0 Å². The first kappa shape index (κ1) is 10.7. The summed E-state index contributed by atoms with van der Waals surface area (Å²) in [5, 5.41) is 11.4. The lowest BCUT2D eigenvalue weighted by Gasteiger charge is -2.09. The number of aliphatic hydroxyl groups is 1. The van der Waals surface area contributed by atoms with Gasteiger partial charge in [0.25, 0.3) is 0 Å². The molecule has 74 valence electrons. The van der Waals surface area contributed by atoms with Crippen LogP contribution in [0.15, 0.2) is 17.5 Å². The minimum atomic E-state index is -0.725. The largest absolute Gasteiger partial charge is 0.364 e. The van der Waals surface area contributed by atoms with E-state index in [4.69, 9.17) is 4.74 Å². The van der Waals surface area contributed by atoms with Crippen LogP contribution in [-0.4, -0.2) is 11.7 Å². The van der Waals surface area contributed by atoms with Crippen LogP contribution in [0.4, 0.5) is 0 Å². The summed E-state index contributed by atoms with van der Waals surface area (Å²) in [5.41, 5.74) is 0. The molecule has 1 aromatic heterocycles. The van der Waals surface area contributed by atoms with Crippen LogP contribution in [0.5, 0.6) is 0 Å². The zero-order chi connectivity index (χ0) is 9.52. The maximum absolute atomic E-state index is 9.50. The summed E-state index contributed by atoms with van der Waals surface area (Å²) in [6, 6.07) is 3.80. The van der Waals surface area contributed by atoms with E-state index in [1.807, 2.05) is 17.5 Å². The van der Waals surface area contributed by atoms with Crippen LogP contribution in [0, 0.1) is 0 Å². The van der Waals surface area contributed by atoms with E-state index in [1.165, 1.54) is 17.8 Å². The molecule has 0 aliphatic heterocycles. The van der Waals surface area contributed by atoms with Crippen molar-refractivity contribution in [3.8, 4) is 0 Å². The molecule has 1 aromatic rings. The topological polar surface area (TPSA) is 29.5 Å². The van der Waals surface area contributed by atoms with E-state index in [0.717, 1.165) is 17.7 Å². The third-order valence-corrected chi connectivity index (χ3v) is 2.71. The molecule has 2 nitrogen and oxygen atoms in total. The van der Waals surface area contributed by atoms with Crippen molar-refractivity contribution in [2.75, 3.05) is 6.61 Å². The van der Waals surface area contributed by atoms with Gasteiger partial charge in [0.15, 0.2) is 6.29 Å². The normalized spacial score (nSPS) is 13.1. The molecule has 0 saturated carbocycles. The van der Waals surface area contributed by atoms with Crippen molar-refractivity contribution < 1.29 is 9.84 Å². The highest BCUT2D eigenvalue weighted by Gasteiger charge is 2.07. The molecule has 0 spiro atoms. The highest BCUT2D eigenvalue weighted by molar-refractivity contribution is 7.09. The summed E-state index contributed by atoms with van der Waals surface area (Å²) in [5.74, 6) is 0. The number of hydrogen-bond acceptors (Lipinski definition) is 3. The Balaban J connectivity index is 2.15. The van der Waals surface area contributed by atoms with E-state index >= 15 is 0 Å². The molecule has 0 bridgehead atoms. The molecule has 0 fully saturated rings. The molecule has 1 atom stereocenters. The Bertz CT molecular complexity index is 209. The van der Waals surface area contributed by atoms with Crippen LogP contribution in [-0.2, 0) is 4.74 Å². The first-order valence-electron chi connectivity index (χ1n) is 4.67. The van der Waals surface area contributed by atoms with Crippen LogP contribution in [0.2, 0.25) is 0 Å². The molecule has 0 saturated heterocycles. The minimum Gasteiger partial charge on any atom is -0.364 e. The van der Waals surface area contributed by atoms with E-state index in [0.29, 0.717) is 6.61 Å². The van der Waals surface area contributed by atoms with Crippen molar-refractivity contribution in [2.45, 2.75) is 32.5 Å². The van der Waals surface area contributed by atoms with Gasteiger partial charge in [0.2, 0.25) is 0 Å². The highest BCUT2D eigenvalue weighted by atomic mass is 32.1. The zero-order valence-corrected chi connectivity index (χ0v) is 8.72. The predicted molar refractivity (Wildman–Crippen MR) is 54.8 cm³/mol. The van der Waals surface area contributed by atoms with Gasteiger partial charge in [0.1, 0.15) is 0 Å². The van der Waals surface area contributed by atoms with Crippen LogP contribution in [0.1, 0.15) is 37.4 Å². The van der Waals surface area contributed by atoms with Crippen LogP contribution in [0.25, 0.3) is 0 Å². The Morgan fingerprint density at radius 2 is 2.38 bits per heavy atom. The second kappa shape index (κ2) is 6.13. The Kier molecular flexibility index (Phi) is 5.05. The van der Waals surface area contributed by atoms with E-state index in [9.17, 15) is 5.11 Å². The quantitative estimate of drug-likeness (QED) is 0.565. The standard InChI is InChI=1S/C10H16O2S/c1-2-3-4-7-12-10(11)9-6-5-8-13-9/h5-6,8,10-11H,2-4,7H2,1H3. The lowest BCUT2D eigenvalue weighted by molar-refractivity contribution is -0.101. The van der Waals surface area contributed by atoms with Gasteiger partial charge in [-0.2, -0.15) is 0 Å². The maximum Gasteiger partial charge on any atom is 0.190 e. The molecule has 1 rings (SSSR count). The zero-order valence-electron chi connectivity index (χ0n) is 7.90. The van der Waals surface area contributed by atoms with Gasteiger partial charge in [-0.3, -0.25) is 0 Å². The number of thiophene rings is 1. The number of hydrogen-bond donors (Lipinski definition) is 1. The van der Waals surface area contributed by atoms with E-state index in [1.54, 1.807) is 0 Å². The van der Waals surface area contributed by atoms with Gasteiger partial charge in [-0.1, -0.05) is 25.8 Å². The lowest BCUT2D eigenvalue weighted by Crippen LogP contribution is -2.02. The van der Waals surface area contributed by atoms with Gasteiger partial charge in [0, 0.05) is 0 Å². The first-order chi connectivity index (χ1) is 6.34. The molecule has 0 radical (unpaired) electrons. The smallest absolute Gasteiger partial charge is 0.190 e. The summed E-state index contributed by atoms with van der Waals surface area (Å²) in [4.78, 5) is 0.886. The van der Waals surface area contributed by atoms with Gasteiger partial charge >= 0.3 is 0 Å². The summed E-state index contributed by atoms with van der Waals surface area (Å²) in [6.45, 7) is 2.79. The molecular weight excluding hydrogens is 184 g/mol. The van der Waals surface area contributed by atoms with Gasteiger partial charge in [-0.05, 0) is 17.9 Å². The Hall–Kier alpha value is -0.380. The fourth-order valence-electron chi connectivity index (χ4n) is 1.06. The minimum absolute atomic E-state index is 0.646. The third-order valence-electron chi connectivity index (χ3n) is 1.81. The molecule has 13 heavy (non-hydrogen) atoms. The van der Waals surface area contributed by atoms with E-state index in [2.05, 4.69) is 6.92 Å². The Labute approximate surface area is 83.2 Å². The molecule has 0 amide bonds. The highest BCUT2D eigenvalue weighted by Crippen LogP contribution is 2.19. The second-order valence-electron chi connectivity index (χ2n) is 2.95. The van der Waals surface area contributed by atoms with Gasteiger partial charge in [-0.15, -0.1) is 11.3 Å². The van der Waals surface area contributed by atoms with E-state index < -0.39 is 6.29 Å². The fraction of sp³-hybridized carbons (Fsp3) is 0.600. The molecule has 0 aromatic carbocycles. The van der Waals surface area contributed by atoms with E-state index in [-0.39, 0.29) is 0 Å². The molecule has 1 N–H and O–H groups in total. The third kappa shape index (κ3) is 3.89. The molecule has 1 heterocycles. The number of aliphatic hydroxyl groups excluding tert-OH is 1. The van der Waals surface area contributed by atoms with Crippen LogP contribution < -0.4 is 0 Å². The van der Waals surface area contributed by atoms with Crippen molar-refractivity contribution in [3.05, 3.63) is 22.4 Å². The first-order valence-corrected chi connectivity index (χ1v) is 5.55. The molecule has 1 unspecified atom stereocenters. The number of unbranched alkanes of at least 4 members (excludes halogenated alkanes) is 2. The van der Waals surface area contributed by atoms with Crippen molar-refractivity contribution in [3.63, 3.8) is 0 Å². The Morgan fingerprint density at radius 3 is 3.00 bits per heavy atom. The van der Waals surface area contributed by atoms with Crippen molar-refractivity contribution in [1.82, 2.24) is 0 Å². The molecule has 3 heteroatoms. The predicted octanol–water partition coefficient (Wildman–Crippen LogP) is 2.95. The summed E-state index contributed by atoms with van der Waals surface area (Å²) < 4.78 is 5.25. The van der Waals surface area contributed by atoms with Gasteiger partial charge in [-0.25, -0.2) is 0 Å². The second-order valence-corrected chi connectivity index (χ2v) is 3.92. The number of ether oxygens (including phenoxy) is 1. The van der Waals surface area contributed by atoms with Crippen molar-refractivity contribution in [1.29, 1.82) is 0 Å². The van der Waals surface area contributed by atoms with Gasteiger partial charge < -0.3 is 9.84 Å². The Morgan fingerprint density at radius 1 is 1.54 bits per heavy atom. The average Bonchev–Trinajstić information content (AvgIpc) is 2.65. The average molecular weight is 200 g/mol. The monoisotopic (exact) mass is 200 g/mol. The summed E-state index contributed by atoms with van der Waals surface area (Å²) in [7, 11) is 0. The fourth-order valence-corrected chi connectivity index (χ4v) is 1.72. The molecular formula is C10H16O2S. The van der Waals surface area contributed by atoms with Crippen molar-refractivity contribution >= 4 is 11.3 Å². The van der Waals surface area contributed by atoms with Crippen LogP contribution in [0.3, 0.4) is 0 Å². The summed E-state index contributed by atoms with van der Waals surface area (Å²) >= 11 is 1.52. The SMILES string of the molecule is CCCCCOC(O)c1cccs1.